The Morgan fingerprint density at radius 3 is 2.70 bits per heavy atom. The second kappa shape index (κ2) is 5.97. The minimum Gasteiger partial charge on any atom is -0.298 e. The fourth-order valence-electron chi connectivity index (χ4n) is 3.22. The molecule has 2 rings (SSSR count). The van der Waals surface area contributed by atoms with E-state index >= 15 is 0 Å². The van der Waals surface area contributed by atoms with Crippen molar-refractivity contribution >= 4 is 17.4 Å². The summed E-state index contributed by atoms with van der Waals surface area (Å²) in [5.74, 6) is -0.756. The summed E-state index contributed by atoms with van der Waals surface area (Å²) >= 11 is 6.15. The molecule has 1 aromatic carbocycles. The fraction of sp³-hybridized carbons (Fsp3) is 0.529. The van der Waals surface area contributed by atoms with Gasteiger partial charge in [0.15, 0.2) is 5.78 Å². The fourth-order valence-corrected chi connectivity index (χ4v) is 3.46. The predicted octanol–water partition coefficient (Wildman–Crippen LogP) is 4.73. The van der Waals surface area contributed by atoms with Crippen LogP contribution in [-0.2, 0) is 4.79 Å². The van der Waals surface area contributed by atoms with Gasteiger partial charge < -0.3 is 0 Å². The third-order valence-electron chi connectivity index (χ3n) is 4.48. The molecule has 3 heteroatoms. The van der Waals surface area contributed by atoms with Gasteiger partial charge in [0, 0.05) is 10.9 Å². The van der Waals surface area contributed by atoms with Crippen LogP contribution < -0.4 is 0 Å². The van der Waals surface area contributed by atoms with Crippen molar-refractivity contribution in [2.24, 2.45) is 11.3 Å². The van der Waals surface area contributed by atoms with Crippen molar-refractivity contribution in [3.05, 3.63) is 34.9 Å². The molecule has 1 saturated carbocycles. The Bertz CT molecular complexity index is 544. The first-order valence-corrected chi connectivity index (χ1v) is 7.53. The van der Waals surface area contributed by atoms with E-state index in [-0.39, 0.29) is 17.1 Å². The summed E-state index contributed by atoms with van der Waals surface area (Å²) < 4.78 is 0. The quantitative estimate of drug-likeness (QED) is 0.807. The van der Waals surface area contributed by atoms with E-state index in [2.05, 4.69) is 19.9 Å². The van der Waals surface area contributed by atoms with Crippen LogP contribution in [0.5, 0.6) is 0 Å². The molecule has 1 aliphatic carbocycles. The molecule has 1 aliphatic rings. The Kier molecular flexibility index (Phi) is 4.50. The van der Waals surface area contributed by atoms with E-state index in [4.69, 9.17) is 11.6 Å². The van der Waals surface area contributed by atoms with Gasteiger partial charge in [-0.2, -0.15) is 5.26 Å². The number of carbonyl (C=O) groups excluding carboxylic acids is 1. The maximum absolute atomic E-state index is 12.8. The first-order chi connectivity index (χ1) is 9.47. The highest BCUT2D eigenvalue weighted by molar-refractivity contribution is 6.31. The summed E-state index contributed by atoms with van der Waals surface area (Å²) in [5.41, 5.74) is 0.620. The number of ketones is 1. The molecular weight excluding hydrogens is 270 g/mol. The normalized spacial score (nSPS) is 22.8. The molecule has 2 unspecified atom stereocenters. The molecule has 1 aromatic rings. The number of hydrogen-bond acceptors (Lipinski definition) is 2. The lowest BCUT2D eigenvalue weighted by molar-refractivity contribution is -0.128. The van der Waals surface area contributed by atoms with E-state index < -0.39 is 5.92 Å². The Hall–Kier alpha value is -1.33. The molecule has 0 spiro atoms. The van der Waals surface area contributed by atoms with Gasteiger partial charge in [-0.15, -0.1) is 0 Å². The van der Waals surface area contributed by atoms with Crippen LogP contribution in [0.3, 0.4) is 0 Å². The van der Waals surface area contributed by atoms with Crippen LogP contribution in [0.15, 0.2) is 24.3 Å². The summed E-state index contributed by atoms with van der Waals surface area (Å²) in [4.78, 5) is 12.8. The van der Waals surface area contributed by atoms with E-state index in [1.54, 1.807) is 12.1 Å². The maximum atomic E-state index is 12.8. The Balaban J connectivity index is 2.31. The zero-order chi connectivity index (χ0) is 14.8. The Labute approximate surface area is 125 Å². The summed E-state index contributed by atoms with van der Waals surface area (Å²) in [5, 5.41) is 9.95. The van der Waals surface area contributed by atoms with Crippen molar-refractivity contribution in [3.8, 4) is 6.07 Å². The number of benzene rings is 1. The topological polar surface area (TPSA) is 40.9 Å². The molecule has 1 fully saturated rings. The lowest BCUT2D eigenvalue weighted by Crippen LogP contribution is -2.36. The van der Waals surface area contributed by atoms with Crippen LogP contribution in [0.2, 0.25) is 5.02 Å². The largest absolute Gasteiger partial charge is 0.298 e. The first kappa shape index (κ1) is 15.1. The Morgan fingerprint density at radius 2 is 2.10 bits per heavy atom. The molecule has 0 N–H and O–H groups in total. The molecule has 0 saturated heterocycles. The van der Waals surface area contributed by atoms with Crippen molar-refractivity contribution in [2.75, 3.05) is 0 Å². The second-order valence-corrected chi connectivity index (χ2v) is 6.68. The summed E-state index contributed by atoms with van der Waals surface area (Å²) in [7, 11) is 0. The molecule has 106 valence electrons. The number of nitrogens with zero attached hydrogens (tertiary/aromatic N) is 1. The molecule has 0 bridgehead atoms. The van der Waals surface area contributed by atoms with Crippen molar-refractivity contribution in [3.63, 3.8) is 0 Å². The SMILES string of the molecule is CC1(C)CCCCC1C(=O)C(C#N)c1ccccc1Cl. The number of rotatable bonds is 3. The third-order valence-corrected chi connectivity index (χ3v) is 4.82. The van der Waals surface area contributed by atoms with Crippen molar-refractivity contribution in [2.45, 2.75) is 45.4 Å². The highest BCUT2D eigenvalue weighted by Gasteiger charge is 2.40. The lowest BCUT2D eigenvalue weighted by Gasteiger charge is -2.38. The lowest BCUT2D eigenvalue weighted by atomic mass is 9.65. The zero-order valence-electron chi connectivity index (χ0n) is 12.0. The van der Waals surface area contributed by atoms with Crippen LogP contribution in [0.25, 0.3) is 0 Å². The Morgan fingerprint density at radius 1 is 1.40 bits per heavy atom. The molecule has 0 heterocycles. The van der Waals surface area contributed by atoms with E-state index in [9.17, 15) is 10.1 Å². The maximum Gasteiger partial charge on any atom is 0.158 e. The summed E-state index contributed by atoms with van der Waals surface area (Å²) in [6.07, 6.45) is 4.17. The number of carbonyl (C=O) groups is 1. The average molecular weight is 290 g/mol. The van der Waals surface area contributed by atoms with Crippen LogP contribution >= 0.6 is 11.6 Å². The molecule has 0 aromatic heterocycles. The van der Waals surface area contributed by atoms with Crippen LogP contribution in [0, 0.1) is 22.7 Å². The van der Waals surface area contributed by atoms with Gasteiger partial charge in [-0.25, -0.2) is 0 Å². The monoisotopic (exact) mass is 289 g/mol. The van der Waals surface area contributed by atoms with Crippen molar-refractivity contribution in [1.82, 2.24) is 0 Å². The number of Topliss-reactive ketones (excluding diaryl/α,β-unsaturated/α-hetero) is 1. The van der Waals surface area contributed by atoms with Gasteiger partial charge in [0.1, 0.15) is 5.92 Å². The minimum absolute atomic E-state index is 0.0221. The highest BCUT2D eigenvalue weighted by Crippen LogP contribution is 2.43. The molecule has 0 aliphatic heterocycles. The molecular formula is C17H20ClNO. The van der Waals surface area contributed by atoms with Crippen molar-refractivity contribution < 1.29 is 4.79 Å². The summed E-state index contributed by atoms with van der Waals surface area (Å²) in [6.45, 7) is 4.27. The molecule has 2 nitrogen and oxygen atoms in total. The number of nitriles is 1. The van der Waals surface area contributed by atoms with Gasteiger partial charge in [-0.3, -0.25) is 4.79 Å². The van der Waals surface area contributed by atoms with E-state index in [1.165, 1.54) is 6.42 Å². The molecule has 2 atom stereocenters. The second-order valence-electron chi connectivity index (χ2n) is 6.27. The zero-order valence-corrected chi connectivity index (χ0v) is 12.8. The van der Waals surface area contributed by atoms with Crippen LogP contribution in [0.1, 0.15) is 51.0 Å². The highest BCUT2D eigenvalue weighted by atomic mass is 35.5. The van der Waals surface area contributed by atoms with Gasteiger partial charge in [0.2, 0.25) is 0 Å². The third kappa shape index (κ3) is 2.88. The number of halogens is 1. The molecule has 20 heavy (non-hydrogen) atoms. The predicted molar refractivity (Wildman–Crippen MR) is 80.6 cm³/mol. The van der Waals surface area contributed by atoms with E-state index in [0.717, 1.165) is 19.3 Å². The smallest absolute Gasteiger partial charge is 0.158 e. The van der Waals surface area contributed by atoms with Crippen molar-refractivity contribution in [1.29, 1.82) is 5.26 Å². The van der Waals surface area contributed by atoms with Gasteiger partial charge in [0.05, 0.1) is 6.07 Å². The molecule has 0 radical (unpaired) electrons. The summed E-state index contributed by atoms with van der Waals surface area (Å²) in [6, 6.07) is 9.32. The van der Waals surface area contributed by atoms with Gasteiger partial charge in [-0.1, -0.05) is 56.5 Å². The van der Waals surface area contributed by atoms with Gasteiger partial charge in [0.25, 0.3) is 0 Å². The van der Waals surface area contributed by atoms with E-state index in [1.807, 2.05) is 12.1 Å². The van der Waals surface area contributed by atoms with Gasteiger partial charge >= 0.3 is 0 Å². The average Bonchev–Trinajstić information content (AvgIpc) is 2.41. The first-order valence-electron chi connectivity index (χ1n) is 7.15. The van der Waals surface area contributed by atoms with Gasteiger partial charge in [-0.05, 0) is 29.9 Å². The van der Waals surface area contributed by atoms with Crippen LogP contribution in [-0.4, -0.2) is 5.78 Å². The minimum atomic E-state index is -0.744. The molecule has 0 amide bonds. The number of hydrogen-bond donors (Lipinski definition) is 0. The standard InChI is InChI=1S/C17H20ClNO/c1-17(2)10-6-5-8-14(17)16(20)13(11-19)12-7-3-4-9-15(12)18/h3-4,7,9,13-14H,5-6,8,10H2,1-2H3. The van der Waals surface area contributed by atoms with Crippen LogP contribution in [0.4, 0.5) is 0 Å². The van der Waals surface area contributed by atoms with E-state index in [0.29, 0.717) is 10.6 Å².